The molecule has 0 bridgehead atoms. The fourth-order valence-electron chi connectivity index (χ4n) is 2.66. The first-order valence-corrected chi connectivity index (χ1v) is 6.94. The molecule has 1 aliphatic carbocycles. The van der Waals surface area contributed by atoms with Crippen LogP contribution in [0.5, 0.6) is 0 Å². The number of carbonyl (C=O) groups is 1. The Balaban J connectivity index is 2.10. The van der Waals surface area contributed by atoms with Crippen molar-refractivity contribution < 1.29 is 14.6 Å². The van der Waals surface area contributed by atoms with Crippen molar-refractivity contribution in [2.24, 2.45) is 5.41 Å². The van der Waals surface area contributed by atoms with Gasteiger partial charge in [0.2, 0.25) is 0 Å². The van der Waals surface area contributed by atoms with Gasteiger partial charge in [0.25, 0.3) is 0 Å². The van der Waals surface area contributed by atoms with Crippen LogP contribution in [-0.4, -0.2) is 34.8 Å². The van der Waals surface area contributed by atoms with Crippen LogP contribution >= 0.6 is 0 Å². The Labute approximate surface area is 119 Å². The minimum absolute atomic E-state index is 0.0187. The van der Waals surface area contributed by atoms with Gasteiger partial charge >= 0.3 is 5.97 Å². The number of aryl methyl sites for hydroxylation is 1. The van der Waals surface area contributed by atoms with Crippen molar-refractivity contribution in [2.45, 2.75) is 46.3 Å². The van der Waals surface area contributed by atoms with Crippen molar-refractivity contribution in [3.05, 3.63) is 23.4 Å². The number of ether oxygens (including phenoxy) is 1. The number of nitrogens with zero attached hydrogens (tertiary/aromatic N) is 1. The molecule has 2 atom stereocenters. The summed E-state index contributed by atoms with van der Waals surface area (Å²) in [6.45, 7) is 8.82. The molecule has 20 heavy (non-hydrogen) atoms. The first-order valence-electron chi connectivity index (χ1n) is 6.94. The second-order valence-corrected chi connectivity index (χ2v) is 5.89. The van der Waals surface area contributed by atoms with Gasteiger partial charge in [0.1, 0.15) is 5.82 Å². The number of hydrogen-bond acceptors (Lipinski definition) is 4. The first kappa shape index (κ1) is 14.8. The van der Waals surface area contributed by atoms with E-state index in [0.717, 1.165) is 6.42 Å². The molecule has 1 aromatic heterocycles. The molecule has 1 heterocycles. The highest BCUT2D eigenvalue weighted by molar-refractivity contribution is 5.88. The van der Waals surface area contributed by atoms with Crippen LogP contribution in [0.2, 0.25) is 0 Å². The van der Waals surface area contributed by atoms with Gasteiger partial charge in [0, 0.05) is 23.8 Å². The van der Waals surface area contributed by atoms with Crippen molar-refractivity contribution in [1.82, 2.24) is 4.98 Å². The molecule has 5 nitrogen and oxygen atoms in total. The summed E-state index contributed by atoms with van der Waals surface area (Å²) in [7, 11) is 0. The average molecular weight is 278 g/mol. The second-order valence-electron chi connectivity index (χ2n) is 5.89. The van der Waals surface area contributed by atoms with E-state index < -0.39 is 5.97 Å². The Morgan fingerprint density at radius 2 is 2.25 bits per heavy atom. The largest absolute Gasteiger partial charge is 0.478 e. The van der Waals surface area contributed by atoms with E-state index in [1.54, 1.807) is 19.1 Å². The Bertz CT molecular complexity index is 514. The number of pyridine rings is 1. The van der Waals surface area contributed by atoms with Gasteiger partial charge in [0.15, 0.2) is 0 Å². The lowest BCUT2D eigenvalue weighted by Crippen LogP contribution is -2.58. The lowest BCUT2D eigenvalue weighted by atomic mass is 9.64. The van der Waals surface area contributed by atoms with Gasteiger partial charge in [-0.25, -0.2) is 9.78 Å². The molecule has 0 aromatic carbocycles. The van der Waals surface area contributed by atoms with E-state index >= 15 is 0 Å². The standard InChI is InChI=1S/C15H22N2O3/c1-5-20-12-8-11(15(12,3)4)17-13-7-10(14(18)19)6-9(2)16-13/h6-7,11-12H,5,8H2,1-4H3,(H,16,17)(H,18,19). The first-order chi connectivity index (χ1) is 9.34. The van der Waals surface area contributed by atoms with Crippen molar-refractivity contribution in [3.63, 3.8) is 0 Å². The molecule has 1 saturated carbocycles. The van der Waals surface area contributed by atoms with Gasteiger partial charge in [-0.2, -0.15) is 0 Å². The summed E-state index contributed by atoms with van der Waals surface area (Å²) in [5, 5.41) is 12.4. The SMILES string of the molecule is CCOC1CC(Nc2cc(C(=O)O)cc(C)n2)C1(C)C. The highest BCUT2D eigenvalue weighted by Gasteiger charge is 2.49. The zero-order valence-corrected chi connectivity index (χ0v) is 12.4. The maximum Gasteiger partial charge on any atom is 0.335 e. The van der Waals surface area contributed by atoms with Gasteiger partial charge in [0.05, 0.1) is 11.7 Å². The number of aromatic nitrogens is 1. The molecule has 0 aliphatic heterocycles. The molecule has 0 amide bonds. The molecule has 2 N–H and O–H groups in total. The minimum atomic E-state index is -0.932. The minimum Gasteiger partial charge on any atom is -0.478 e. The number of carboxylic acids is 1. The van der Waals surface area contributed by atoms with E-state index in [2.05, 4.69) is 24.1 Å². The van der Waals surface area contributed by atoms with Gasteiger partial charge in [-0.15, -0.1) is 0 Å². The molecule has 110 valence electrons. The smallest absolute Gasteiger partial charge is 0.335 e. The predicted molar refractivity (Wildman–Crippen MR) is 77.2 cm³/mol. The maximum atomic E-state index is 11.1. The van der Waals surface area contributed by atoms with E-state index in [1.165, 1.54) is 0 Å². The summed E-state index contributed by atoms with van der Waals surface area (Å²) < 4.78 is 5.69. The maximum absolute atomic E-state index is 11.1. The molecule has 2 rings (SSSR count). The summed E-state index contributed by atoms with van der Waals surface area (Å²) in [6, 6.07) is 3.40. The van der Waals surface area contributed by atoms with Crippen LogP contribution in [0.25, 0.3) is 0 Å². The van der Waals surface area contributed by atoms with E-state index in [9.17, 15) is 4.79 Å². The zero-order valence-electron chi connectivity index (χ0n) is 12.4. The Morgan fingerprint density at radius 1 is 1.55 bits per heavy atom. The van der Waals surface area contributed by atoms with Gasteiger partial charge in [-0.05, 0) is 32.4 Å². The summed E-state index contributed by atoms with van der Waals surface area (Å²) in [5.41, 5.74) is 0.981. The van der Waals surface area contributed by atoms with Crippen molar-refractivity contribution in [1.29, 1.82) is 0 Å². The number of hydrogen-bond donors (Lipinski definition) is 2. The number of nitrogens with one attached hydrogen (secondary N) is 1. The molecule has 1 aromatic rings. The lowest BCUT2D eigenvalue weighted by molar-refractivity contribution is -0.0976. The van der Waals surface area contributed by atoms with Crippen LogP contribution in [0.15, 0.2) is 12.1 Å². The number of anilines is 1. The Kier molecular flexibility index (Phi) is 3.99. The highest BCUT2D eigenvalue weighted by Crippen LogP contribution is 2.44. The molecular weight excluding hydrogens is 256 g/mol. The Hall–Kier alpha value is -1.62. The van der Waals surface area contributed by atoms with Crippen molar-refractivity contribution >= 4 is 11.8 Å². The topological polar surface area (TPSA) is 71.5 Å². The average Bonchev–Trinajstić information content (AvgIpc) is 2.37. The molecule has 0 radical (unpaired) electrons. The van der Waals surface area contributed by atoms with Gasteiger partial charge in [-0.1, -0.05) is 13.8 Å². The third kappa shape index (κ3) is 2.77. The van der Waals surface area contributed by atoms with Crippen LogP contribution in [0.3, 0.4) is 0 Å². The third-order valence-corrected chi connectivity index (χ3v) is 4.07. The normalized spacial score (nSPS) is 24.0. The summed E-state index contributed by atoms with van der Waals surface area (Å²) in [4.78, 5) is 15.4. The molecule has 2 unspecified atom stereocenters. The van der Waals surface area contributed by atoms with Crippen molar-refractivity contribution in [2.75, 3.05) is 11.9 Å². The molecule has 1 aliphatic rings. The van der Waals surface area contributed by atoms with Crippen molar-refractivity contribution in [3.8, 4) is 0 Å². The fourth-order valence-corrected chi connectivity index (χ4v) is 2.66. The molecular formula is C15H22N2O3. The monoisotopic (exact) mass is 278 g/mol. The summed E-state index contributed by atoms with van der Waals surface area (Å²) in [6.07, 6.45) is 1.16. The second kappa shape index (κ2) is 5.40. The molecule has 0 spiro atoms. The van der Waals surface area contributed by atoms with Crippen LogP contribution in [0.4, 0.5) is 5.82 Å². The van der Waals surface area contributed by atoms with Crippen LogP contribution < -0.4 is 5.32 Å². The lowest BCUT2D eigenvalue weighted by Gasteiger charge is -2.51. The third-order valence-electron chi connectivity index (χ3n) is 4.07. The number of aromatic carboxylic acids is 1. The number of carboxylic acid groups (broad SMARTS) is 1. The van der Waals surface area contributed by atoms with Crippen LogP contribution in [0.1, 0.15) is 43.2 Å². The van der Waals surface area contributed by atoms with E-state index in [4.69, 9.17) is 9.84 Å². The quantitative estimate of drug-likeness (QED) is 0.866. The predicted octanol–water partition coefficient (Wildman–Crippen LogP) is 2.70. The van der Waals surface area contributed by atoms with E-state index in [1.807, 2.05) is 6.92 Å². The summed E-state index contributed by atoms with van der Waals surface area (Å²) >= 11 is 0. The molecule has 5 heteroatoms. The number of rotatable bonds is 5. The van der Waals surface area contributed by atoms with Gasteiger partial charge < -0.3 is 15.2 Å². The van der Waals surface area contributed by atoms with E-state index in [0.29, 0.717) is 18.1 Å². The van der Waals surface area contributed by atoms with E-state index in [-0.39, 0.29) is 23.1 Å². The fraction of sp³-hybridized carbons (Fsp3) is 0.600. The summed E-state index contributed by atoms with van der Waals surface area (Å²) in [5.74, 6) is -0.311. The zero-order chi connectivity index (χ0) is 14.9. The highest BCUT2D eigenvalue weighted by atomic mass is 16.5. The molecule has 0 saturated heterocycles. The van der Waals surface area contributed by atoms with Crippen LogP contribution in [0, 0.1) is 12.3 Å². The van der Waals surface area contributed by atoms with Gasteiger partial charge in [-0.3, -0.25) is 0 Å². The van der Waals surface area contributed by atoms with Crippen LogP contribution in [-0.2, 0) is 4.74 Å². The molecule has 1 fully saturated rings. The Morgan fingerprint density at radius 3 is 2.80 bits per heavy atom.